The molecular weight excluding hydrogens is 242 g/mol. The van der Waals surface area contributed by atoms with Gasteiger partial charge in [0.1, 0.15) is 0 Å². The Bertz CT molecular complexity index is 561. The molecule has 0 aromatic heterocycles. The van der Waals surface area contributed by atoms with Gasteiger partial charge in [-0.05, 0) is 24.6 Å². The molecule has 0 aliphatic rings. The lowest BCUT2D eigenvalue weighted by molar-refractivity contribution is -0.132. The first-order chi connectivity index (χ1) is 7.79. The highest BCUT2D eigenvalue weighted by Gasteiger charge is 2.07. The van der Waals surface area contributed by atoms with Gasteiger partial charge in [0.25, 0.3) is 0 Å². The Morgan fingerprint density at radius 1 is 1.35 bits per heavy atom. The molecular formula is C11H13NO4S. The van der Waals surface area contributed by atoms with Crippen molar-refractivity contribution < 1.29 is 18.3 Å². The van der Waals surface area contributed by atoms with E-state index >= 15 is 0 Å². The van der Waals surface area contributed by atoms with Crippen LogP contribution in [-0.2, 0) is 14.8 Å². The molecule has 0 fully saturated rings. The van der Waals surface area contributed by atoms with Gasteiger partial charge in [0.05, 0.1) is 11.9 Å². The summed E-state index contributed by atoms with van der Waals surface area (Å²) in [5.74, 6) is -1.04. The molecule has 92 valence electrons. The van der Waals surface area contributed by atoms with Crippen LogP contribution in [0, 0.1) is 0 Å². The predicted octanol–water partition coefficient (Wildman–Crippen LogP) is 1.55. The number of carbonyl (C=O) groups is 1. The highest BCUT2D eigenvalue weighted by Crippen LogP contribution is 2.19. The number of nitrogens with one attached hydrogen (secondary N) is 1. The van der Waals surface area contributed by atoms with Crippen molar-refractivity contribution in [3.05, 3.63) is 35.4 Å². The molecule has 0 spiro atoms. The summed E-state index contributed by atoms with van der Waals surface area (Å²) in [5, 5.41) is 8.76. The number of carboxylic acids is 1. The van der Waals surface area contributed by atoms with Gasteiger partial charge in [-0.1, -0.05) is 18.2 Å². The molecule has 1 aromatic rings. The summed E-state index contributed by atoms with van der Waals surface area (Å²) >= 11 is 0. The minimum Gasteiger partial charge on any atom is -0.478 e. The molecule has 17 heavy (non-hydrogen) atoms. The molecule has 5 nitrogen and oxygen atoms in total. The van der Waals surface area contributed by atoms with Crippen molar-refractivity contribution in [2.75, 3.05) is 11.0 Å². The zero-order chi connectivity index (χ0) is 13.1. The maximum absolute atomic E-state index is 11.1. The number of benzene rings is 1. The summed E-state index contributed by atoms with van der Waals surface area (Å²) in [7, 11) is -3.38. The van der Waals surface area contributed by atoms with E-state index in [1.165, 1.54) is 13.0 Å². The maximum atomic E-state index is 11.1. The number of hydrogen-bond acceptors (Lipinski definition) is 3. The lowest BCUT2D eigenvalue weighted by Crippen LogP contribution is -2.10. The second-order valence-electron chi connectivity index (χ2n) is 3.59. The highest BCUT2D eigenvalue weighted by atomic mass is 32.2. The SMILES string of the molecule is C/C(=C\c1ccccc1NS(C)(=O)=O)C(=O)O. The Morgan fingerprint density at radius 3 is 2.47 bits per heavy atom. The van der Waals surface area contributed by atoms with Crippen molar-refractivity contribution in [2.45, 2.75) is 6.92 Å². The molecule has 0 saturated heterocycles. The predicted molar refractivity (Wildman–Crippen MR) is 66.2 cm³/mol. The molecule has 0 atom stereocenters. The zero-order valence-corrected chi connectivity index (χ0v) is 10.3. The fraction of sp³-hybridized carbons (Fsp3) is 0.182. The number of anilines is 1. The van der Waals surface area contributed by atoms with Gasteiger partial charge in [0, 0.05) is 5.57 Å². The summed E-state index contributed by atoms with van der Waals surface area (Å²) < 4.78 is 24.6. The van der Waals surface area contributed by atoms with Crippen molar-refractivity contribution in [3.63, 3.8) is 0 Å². The van der Waals surface area contributed by atoms with Crippen LogP contribution >= 0.6 is 0 Å². The highest BCUT2D eigenvalue weighted by molar-refractivity contribution is 7.92. The second-order valence-corrected chi connectivity index (χ2v) is 5.34. The quantitative estimate of drug-likeness (QED) is 0.799. The van der Waals surface area contributed by atoms with Gasteiger partial charge in [-0.15, -0.1) is 0 Å². The number of rotatable bonds is 4. The Kier molecular flexibility index (Phi) is 3.90. The lowest BCUT2D eigenvalue weighted by atomic mass is 10.1. The van der Waals surface area contributed by atoms with Crippen LogP contribution in [0.3, 0.4) is 0 Å². The summed E-state index contributed by atoms with van der Waals surface area (Å²) in [6, 6.07) is 6.58. The van der Waals surface area contributed by atoms with E-state index in [1.54, 1.807) is 24.3 Å². The zero-order valence-electron chi connectivity index (χ0n) is 9.47. The van der Waals surface area contributed by atoms with Crippen LogP contribution in [0.25, 0.3) is 6.08 Å². The van der Waals surface area contributed by atoms with Gasteiger partial charge in [0.15, 0.2) is 0 Å². The van der Waals surface area contributed by atoms with Gasteiger partial charge in [-0.25, -0.2) is 13.2 Å². The van der Waals surface area contributed by atoms with E-state index in [2.05, 4.69) is 4.72 Å². The molecule has 6 heteroatoms. The molecule has 0 amide bonds. The number of sulfonamides is 1. The van der Waals surface area contributed by atoms with E-state index in [-0.39, 0.29) is 5.57 Å². The molecule has 0 unspecified atom stereocenters. The Morgan fingerprint density at radius 2 is 1.94 bits per heavy atom. The average molecular weight is 255 g/mol. The van der Waals surface area contributed by atoms with Gasteiger partial charge in [-0.3, -0.25) is 4.72 Å². The Labute approximate surface area is 99.8 Å². The normalized spacial score (nSPS) is 12.2. The van der Waals surface area contributed by atoms with E-state index in [0.29, 0.717) is 11.3 Å². The van der Waals surface area contributed by atoms with E-state index in [4.69, 9.17) is 5.11 Å². The Balaban J connectivity index is 3.17. The van der Waals surface area contributed by atoms with Crippen LogP contribution in [0.5, 0.6) is 0 Å². The average Bonchev–Trinajstić information content (AvgIpc) is 2.18. The maximum Gasteiger partial charge on any atom is 0.331 e. The van der Waals surface area contributed by atoms with Crippen molar-refractivity contribution in [1.82, 2.24) is 0 Å². The van der Waals surface area contributed by atoms with E-state index in [0.717, 1.165) is 6.26 Å². The van der Waals surface area contributed by atoms with Crippen molar-refractivity contribution in [2.24, 2.45) is 0 Å². The third-order valence-corrected chi connectivity index (χ3v) is 2.56. The van der Waals surface area contributed by atoms with Crippen molar-refractivity contribution >= 4 is 27.8 Å². The molecule has 1 rings (SSSR count). The van der Waals surface area contributed by atoms with E-state index < -0.39 is 16.0 Å². The smallest absolute Gasteiger partial charge is 0.331 e. The van der Waals surface area contributed by atoms with Crippen molar-refractivity contribution in [3.8, 4) is 0 Å². The molecule has 0 heterocycles. The van der Waals surface area contributed by atoms with Gasteiger partial charge < -0.3 is 5.11 Å². The largest absolute Gasteiger partial charge is 0.478 e. The number of para-hydroxylation sites is 1. The molecule has 0 aliphatic carbocycles. The summed E-state index contributed by atoms with van der Waals surface area (Å²) in [4.78, 5) is 10.7. The fourth-order valence-corrected chi connectivity index (χ4v) is 1.80. The molecule has 2 N–H and O–H groups in total. The van der Waals surface area contributed by atoms with Gasteiger partial charge in [-0.2, -0.15) is 0 Å². The molecule has 0 radical (unpaired) electrons. The number of carboxylic acid groups (broad SMARTS) is 1. The topological polar surface area (TPSA) is 83.5 Å². The van der Waals surface area contributed by atoms with Crippen LogP contribution in [-0.4, -0.2) is 25.7 Å². The summed E-state index contributed by atoms with van der Waals surface area (Å²) in [5.41, 5.74) is 1.00. The summed E-state index contributed by atoms with van der Waals surface area (Å²) in [6.45, 7) is 1.44. The van der Waals surface area contributed by atoms with Crippen molar-refractivity contribution in [1.29, 1.82) is 0 Å². The minimum atomic E-state index is -3.38. The molecule has 0 bridgehead atoms. The van der Waals surface area contributed by atoms with Crippen LogP contribution in [0.15, 0.2) is 29.8 Å². The van der Waals surface area contributed by atoms with Crippen LogP contribution in [0.4, 0.5) is 5.69 Å². The molecule has 0 saturated carbocycles. The standard InChI is InChI=1S/C11H13NO4S/c1-8(11(13)14)7-9-5-3-4-6-10(9)12-17(2,15)16/h3-7,12H,1-2H3,(H,13,14)/b8-7+. The van der Waals surface area contributed by atoms with E-state index in [9.17, 15) is 13.2 Å². The molecule has 0 aliphatic heterocycles. The third-order valence-electron chi connectivity index (χ3n) is 1.97. The van der Waals surface area contributed by atoms with Crippen LogP contribution < -0.4 is 4.72 Å². The minimum absolute atomic E-state index is 0.132. The second kappa shape index (κ2) is 5.01. The first kappa shape index (κ1) is 13.2. The van der Waals surface area contributed by atoms with Gasteiger partial charge in [0.2, 0.25) is 10.0 Å². The van der Waals surface area contributed by atoms with E-state index in [1.807, 2.05) is 0 Å². The van der Waals surface area contributed by atoms with Gasteiger partial charge >= 0.3 is 5.97 Å². The Hall–Kier alpha value is -1.82. The lowest BCUT2D eigenvalue weighted by Gasteiger charge is -2.07. The molecule has 1 aromatic carbocycles. The number of aliphatic carboxylic acids is 1. The first-order valence-corrected chi connectivity index (χ1v) is 6.67. The van der Waals surface area contributed by atoms with Crippen LogP contribution in [0.2, 0.25) is 0 Å². The third kappa shape index (κ3) is 4.28. The monoisotopic (exact) mass is 255 g/mol. The number of hydrogen-bond donors (Lipinski definition) is 2. The fourth-order valence-electron chi connectivity index (χ4n) is 1.21. The first-order valence-electron chi connectivity index (χ1n) is 4.78. The summed E-state index contributed by atoms with van der Waals surface area (Å²) in [6.07, 6.45) is 2.45. The van der Waals surface area contributed by atoms with Crippen LogP contribution in [0.1, 0.15) is 12.5 Å².